The van der Waals surface area contributed by atoms with Gasteiger partial charge in [0.15, 0.2) is 0 Å². The normalized spacial score (nSPS) is 10.5. The summed E-state index contributed by atoms with van der Waals surface area (Å²) in [7, 11) is 0. The van der Waals surface area contributed by atoms with Crippen molar-refractivity contribution < 1.29 is 0 Å². The minimum absolute atomic E-state index is 0.677. The van der Waals surface area contributed by atoms with Crippen molar-refractivity contribution in [2.45, 2.75) is 30.2 Å². The zero-order chi connectivity index (χ0) is 13.7. The molecule has 1 heterocycles. The van der Waals surface area contributed by atoms with E-state index in [9.17, 15) is 0 Å². The third kappa shape index (κ3) is 4.11. The fourth-order valence-electron chi connectivity index (χ4n) is 1.55. The number of aryl methyl sites for hydroxylation is 1. The van der Waals surface area contributed by atoms with Crippen LogP contribution >= 0.6 is 23.4 Å². The summed E-state index contributed by atoms with van der Waals surface area (Å²) >= 11 is 7.71. The quantitative estimate of drug-likeness (QED) is 0.829. The first kappa shape index (κ1) is 14.2. The molecule has 1 N–H and O–H groups in total. The monoisotopic (exact) mass is 293 g/mol. The molecule has 19 heavy (non-hydrogen) atoms. The van der Waals surface area contributed by atoms with Crippen LogP contribution in [0.4, 0.5) is 5.95 Å². The second-order valence-corrected chi connectivity index (χ2v) is 5.60. The SMILES string of the molecule is CCCNc1nc(C)cc(Sc2ccccc2Cl)n1. The molecule has 100 valence electrons. The van der Waals surface area contributed by atoms with Gasteiger partial charge in [0.05, 0.1) is 5.02 Å². The van der Waals surface area contributed by atoms with Crippen molar-refractivity contribution in [1.82, 2.24) is 9.97 Å². The molecule has 1 aromatic heterocycles. The van der Waals surface area contributed by atoms with Crippen LogP contribution in [-0.2, 0) is 0 Å². The number of hydrogen-bond acceptors (Lipinski definition) is 4. The van der Waals surface area contributed by atoms with E-state index < -0.39 is 0 Å². The number of nitrogens with one attached hydrogen (secondary N) is 1. The molecule has 0 radical (unpaired) electrons. The number of hydrogen-bond donors (Lipinski definition) is 1. The maximum atomic E-state index is 6.16. The maximum absolute atomic E-state index is 6.16. The predicted molar refractivity (Wildman–Crippen MR) is 81.1 cm³/mol. The number of rotatable bonds is 5. The average molecular weight is 294 g/mol. The molecule has 0 aliphatic carbocycles. The van der Waals surface area contributed by atoms with Crippen molar-refractivity contribution in [2.75, 3.05) is 11.9 Å². The van der Waals surface area contributed by atoms with E-state index in [2.05, 4.69) is 22.2 Å². The summed E-state index contributed by atoms with van der Waals surface area (Å²) in [4.78, 5) is 9.86. The van der Waals surface area contributed by atoms with E-state index in [1.807, 2.05) is 37.3 Å². The van der Waals surface area contributed by atoms with Crippen LogP contribution in [0.25, 0.3) is 0 Å². The Labute approximate surface area is 122 Å². The Morgan fingerprint density at radius 2 is 2.05 bits per heavy atom. The first-order chi connectivity index (χ1) is 9.19. The molecular formula is C14H16ClN3S. The van der Waals surface area contributed by atoms with Gasteiger partial charge in [-0.05, 0) is 31.5 Å². The van der Waals surface area contributed by atoms with E-state index >= 15 is 0 Å². The zero-order valence-corrected chi connectivity index (χ0v) is 12.6. The molecule has 3 nitrogen and oxygen atoms in total. The summed E-state index contributed by atoms with van der Waals surface area (Å²) in [5, 5.41) is 4.85. The van der Waals surface area contributed by atoms with E-state index in [0.717, 1.165) is 33.6 Å². The molecule has 0 spiro atoms. The molecule has 0 fully saturated rings. The molecule has 0 amide bonds. The van der Waals surface area contributed by atoms with Crippen LogP contribution in [0.15, 0.2) is 40.3 Å². The molecule has 2 aromatic rings. The Morgan fingerprint density at radius 3 is 2.79 bits per heavy atom. The van der Waals surface area contributed by atoms with Crippen molar-refractivity contribution in [2.24, 2.45) is 0 Å². The highest BCUT2D eigenvalue weighted by Gasteiger charge is 2.06. The summed E-state index contributed by atoms with van der Waals surface area (Å²) in [6.45, 7) is 4.96. The number of anilines is 1. The van der Waals surface area contributed by atoms with Crippen LogP contribution in [0.3, 0.4) is 0 Å². The third-order valence-corrected chi connectivity index (χ3v) is 3.85. The highest BCUT2D eigenvalue weighted by Crippen LogP contribution is 2.32. The van der Waals surface area contributed by atoms with E-state index in [1.54, 1.807) is 11.8 Å². The largest absolute Gasteiger partial charge is 0.354 e. The van der Waals surface area contributed by atoms with Gasteiger partial charge < -0.3 is 5.32 Å². The number of halogens is 1. The highest BCUT2D eigenvalue weighted by atomic mass is 35.5. The summed E-state index contributed by atoms with van der Waals surface area (Å²) < 4.78 is 0. The van der Waals surface area contributed by atoms with Crippen LogP contribution in [0.1, 0.15) is 19.0 Å². The van der Waals surface area contributed by atoms with Crippen LogP contribution in [0.5, 0.6) is 0 Å². The van der Waals surface area contributed by atoms with Crippen LogP contribution in [0, 0.1) is 6.92 Å². The van der Waals surface area contributed by atoms with E-state index in [-0.39, 0.29) is 0 Å². The molecule has 5 heteroatoms. The van der Waals surface area contributed by atoms with Gasteiger partial charge in [0, 0.05) is 17.1 Å². The van der Waals surface area contributed by atoms with E-state index in [0.29, 0.717) is 5.95 Å². The Hall–Kier alpha value is -1.26. The molecule has 0 saturated carbocycles. The fraction of sp³-hybridized carbons (Fsp3) is 0.286. The van der Waals surface area contributed by atoms with Gasteiger partial charge in [-0.1, -0.05) is 42.4 Å². The summed E-state index contributed by atoms with van der Waals surface area (Å²) in [5.41, 5.74) is 0.947. The van der Waals surface area contributed by atoms with Gasteiger partial charge in [-0.2, -0.15) is 0 Å². The Morgan fingerprint density at radius 1 is 1.26 bits per heavy atom. The maximum Gasteiger partial charge on any atom is 0.223 e. The highest BCUT2D eigenvalue weighted by molar-refractivity contribution is 7.99. The lowest BCUT2D eigenvalue weighted by molar-refractivity contribution is 0.924. The Kier molecular flexibility index (Phi) is 5.05. The van der Waals surface area contributed by atoms with Crippen LogP contribution in [0.2, 0.25) is 5.02 Å². The second kappa shape index (κ2) is 6.78. The smallest absolute Gasteiger partial charge is 0.223 e. The minimum Gasteiger partial charge on any atom is -0.354 e. The van der Waals surface area contributed by atoms with Crippen molar-refractivity contribution in [3.63, 3.8) is 0 Å². The van der Waals surface area contributed by atoms with Crippen LogP contribution in [-0.4, -0.2) is 16.5 Å². The first-order valence-corrected chi connectivity index (χ1v) is 7.40. The minimum atomic E-state index is 0.677. The van der Waals surface area contributed by atoms with Crippen molar-refractivity contribution in [1.29, 1.82) is 0 Å². The van der Waals surface area contributed by atoms with Gasteiger partial charge in [-0.25, -0.2) is 9.97 Å². The summed E-state index contributed by atoms with van der Waals surface area (Å²) in [6, 6.07) is 9.73. The number of aromatic nitrogens is 2. The lowest BCUT2D eigenvalue weighted by atomic mass is 10.4. The first-order valence-electron chi connectivity index (χ1n) is 6.21. The van der Waals surface area contributed by atoms with Gasteiger partial charge in [0.25, 0.3) is 0 Å². The molecule has 0 unspecified atom stereocenters. The molecule has 0 atom stereocenters. The van der Waals surface area contributed by atoms with E-state index in [4.69, 9.17) is 11.6 Å². The van der Waals surface area contributed by atoms with Crippen LogP contribution < -0.4 is 5.32 Å². The Balaban J connectivity index is 2.20. The van der Waals surface area contributed by atoms with Crippen molar-refractivity contribution in [3.05, 3.63) is 41.0 Å². The lowest BCUT2D eigenvalue weighted by Gasteiger charge is -2.07. The number of benzene rings is 1. The van der Waals surface area contributed by atoms with Gasteiger partial charge in [0.1, 0.15) is 5.03 Å². The van der Waals surface area contributed by atoms with Gasteiger partial charge in [-0.3, -0.25) is 0 Å². The summed E-state index contributed by atoms with van der Waals surface area (Å²) in [5.74, 6) is 0.677. The molecule has 1 aromatic carbocycles. The third-order valence-electron chi connectivity index (χ3n) is 2.42. The molecule has 0 saturated heterocycles. The van der Waals surface area contributed by atoms with Crippen molar-refractivity contribution in [3.8, 4) is 0 Å². The topological polar surface area (TPSA) is 37.8 Å². The summed E-state index contributed by atoms with van der Waals surface area (Å²) in [6.07, 6.45) is 1.05. The zero-order valence-electron chi connectivity index (χ0n) is 11.0. The molecule has 0 aliphatic rings. The fourth-order valence-corrected chi connectivity index (χ4v) is 2.70. The standard InChI is InChI=1S/C14H16ClN3S/c1-3-8-16-14-17-10(2)9-13(18-14)19-12-7-5-4-6-11(12)15/h4-7,9H,3,8H2,1-2H3,(H,16,17,18). The molecule has 0 bridgehead atoms. The number of nitrogens with zero attached hydrogens (tertiary/aromatic N) is 2. The van der Waals surface area contributed by atoms with Crippen molar-refractivity contribution >= 4 is 29.3 Å². The van der Waals surface area contributed by atoms with E-state index in [1.165, 1.54) is 0 Å². The predicted octanol–water partition coefficient (Wildman–Crippen LogP) is 4.41. The molecule has 0 aliphatic heterocycles. The lowest BCUT2D eigenvalue weighted by Crippen LogP contribution is -2.05. The molecule has 2 rings (SSSR count). The van der Waals surface area contributed by atoms with Gasteiger partial charge in [0.2, 0.25) is 5.95 Å². The molecular weight excluding hydrogens is 278 g/mol. The van der Waals surface area contributed by atoms with Gasteiger partial charge in [-0.15, -0.1) is 0 Å². The second-order valence-electron chi connectivity index (χ2n) is 4.13. The average Bonchev–Trinajstić information content (AvgIpc) is 2.38. The Bertz CT molecular complexity index is 560. The van der Waals surface area contributed by atoms with Gasteiger partial charge >= 0.3 is 0 Å².